The van der Waals surface area contributed by atoms with E-state index in [1.807, 2.05) is 6.92 Å². The molecule has 6 heteroatoms. The molecule has 2 rings (SSSR count). The van der Waals surface area contributed by atoms with Crippen molar-refractivity contribution in [1.82, 2.24) is 14.5 Å². The fourth-order valence-electron chi connectivity index (χ4n) is 1.56. The number of amides is 1. The summed E-state index contributed by atoms with van der Waals surface area (Å²) in [5.74, 6) is 0.401. The maximum atomic E-state index is 12.0. The van der Waals surface area contributed by atoms with Crippen molar-refractivity contribution in [2.24, 2.45) is 7.05 Å². The fourth-order valence-corrected chi connectivity index (χ4v) is 1.56. The number of hydrogen-bond acceptors (Lipinski definition) is 4. The van der Waals surface area contributed by atoms with E-state index in [0.717, 1.165) is 5.69 Å². The Hall–Kier alpha value is -2.37. The molecule has 0 aromatic carbocycles. The highest BCUT2D eigenvalue weighted by molar-refractivity contribution is 6.02. The Bertz CT molecular complexity index is 577. The lowest BCUT2D eigenvalue weighted by Crippen LogP contribution is -2.17. The van der Waals surface area contributed by atoms with Gasteiger partial charge >= 0.3 is 0 Å². The molecule has 0 saturated heterocycles. The van der Waals surface area contributed by atoms with Gasteiger partial charge in [0.2, 0.25) is 11.8 Å². The molecule has 1 amide bonds. The molecule has 94 valence electrons. The third kappa shape index (κ3) is 2.48. The molecule has 0 spiro atoms. The van der Waals surface area contributed by atoms with Crippen molar-refractivity contribution in [3.8, 4) is 5.88 Å². The Kier molecular flexibility index (Phi) is 3.27. The number of nitrogens with one attached hydrogen (secondary N) is 1. The van der Waals surface area contributed by atoms with Crippen molar-refractivity contribution >= 4 is 11.9 Å². The molecular formula is C12H14N4O2. The zero-order valence-corrected chi connectivity index (χ0v) is 10.5. The fraction of sp³-hybridized carbons (Fsp3) is 0.250. The summed E-state index contributed by atoms with van der Waals surface area (Å²) >= 11 is 0. The minimum atomic E-state index is -0.254. The SMILES string of the molecule is COc1cc(C)nc(NC(=O)c2cccn2C)n1. The van der Waals surface area contributed by atoms with E-state index >= 15 is 0 Å². The summed E-state index contributed by atoms with van der Waals surface area (Å²) in [6, 6.07) is 5.22. The number of hydrogen-bond donors (Lipinski definition) is 1. The van der Waals surface area contributed by atoms with Crippen molar-refractivity contribution in [2.45, 2.75) is 6.92 Å². The number of anilines is 1. The second-order valence-corrected chi connectivity index (χ2v) is 3.83. The second kappa shape index (κ2) is 4.87. The highest BCUT2D eigenvalue weighted by Gasteiger charge is 2.11. The Balaban J connectivity index is 2.22. The topological polar surface area (TPSA) is 69.0 Å². The first-order chi connectivity index (χ1) is 8.60. The van der Waals surface area contributed by atoms with Crippen LogP contribution in [0, 0.1) is 6.92 Å². The molecule has 2 heterocycles. The third-order valence-electron chi connectivity index (χ3n) is 2.44. The van der Waals surface area contributed by atoms with Crippen LogP contribution in [0.25, 0.3) is 0 Å². The Morgan fingerprint density at radius 3 is 2.83 bits per heavy atom. The van der Waals surface area contributed by atoms with Gasteiger partial charge in [0.15, 0.2) is 0 Å². The van der Waals surface area contributed by atoms with Crippen molar-refractivity contribution < 1.29 is 9.53 Å². The molecule has 1 N–H and O–H groups in total. The molecule has 2 aromatic heterocycles. The van der Waals surface area contributed by atoms with Gasteiger partial charge in [0.05, 0.1) is 7.11 Å². The lowest BCUT2D eigenvalue weighted by Gasteiger charge is -2.07. The van der Waals surface area contributed by atoms with Gasteiger partial charge in [0, 0.05) is 25.0 Å². The Morgan fingerprint density at radius 2 is 2.22 bits per heavy atom. The zero-order chi connectivity index (χ0) is 13.1. The summed E-state index contributed by atoms with van der Waals surface area (Å²) in [6.45, 7) is 1.81. The van der Waals surface area contributed by atoms with Gasteiger partial charge in [-0.15, -0.1) is 0 Å². The van der Waals surface area contributed by atoms with E-state index in [0.29, 0.717) is 11.6 Å². The number of rotatable bonds is 3. The van der Waals surface area contributed by atoms with Crippen LogP contribution < -0.4 is 10.1 Å². The normalized spacial score (nSPS) is 10.2. The predicted molar refractivity (Wildman–Crippen MR) is 66.7 cm³/mol. The Labute approximate surface area is 105 Å². The van der Waals surface area contributed by atoms with Gasteiger partial charge in [-0.1, -0.05) is 0 Å². The summed E-state index contributed by atoms with van der Waals surface area (Å²) < 4.78 is 6.75. The first kappa shape index (κ1) is 12.1. The number of aryl methyl sites for hydroxylation is 2. The van der Waals surface area contributed by atoms with Crippen LogP contribution in [0.2, 0.25) is 0 Å². The zero-order valence-electron chi connectivity index (χ0n) is 10.5. The van der Waals surface area contributed by atoms with Crippen LogP contribution in [0.4, 0.5) is 5.95 Å². The molecule has 6 nitrogen and oxygen atoms in total. The average molecular weight is 246 g/mol. The number of carbonyl (C=O) groups excluding carboxylic acids is 1. The average Bonchev–Trinajstić information content (AvgIpc) is 2.74. The van der Waals surface area contributed by atoms with Gasteiger partial charge in [-0.25, -0.2) is 4.98 Å². The lowest BCUT2D eigenvalue weighted by molar-refractivity contribution is 0.101. The number of methoxy groups -OCH3 is 1. The van der Waals surface area contributed by atoms with Crippen LogP contribution >= 0.6 is 0 Å². The van der Waals surface area contributed by atoms with E-state index < -0.39 is 0 Å². The van der Waals surface area contributed by atoms with Gasteiger partial charge in [0.1, 0.15) is 5.69 Å². The van der Waals surface area contributed by atoms with Crippen LogP contribution in [0.3, 0.4) is 0 Å². The minimum Gasteiger partial charge on any atom is -0.481 e. The van der Waals surface area contributed by atoms with Crippen molar-refractivity contribution in [3.05, 3.63) is 35.8 Å². The Morgan fingerprint density at radius 1 is 1.44 bits per heavy atom. The van der Waals surface area contributed by atoms with E-state index in [2.05, 4.69) is 15.3 Å². The molecule has 18 heavy (non-hydrogen) atoms. The van der Waals surface area contributed by atoms with Crippen LogP contribution in [0.1, 0.15) is 16.2 Å². The molecule has 0 unspecified atom stereocenters. The smallest absolute Gasteiger partial charge is 0.274 e. The van der Waals surface area contributed by atoms with Crippen LogP contribution in [-0.4, -0.2) is 27.6 Å². The molecule has 0 atom stereocenters. The maximum absolute atomic E-state index is 12.0. The van der Waals surface area contributed by atoms with Crippen LogP contribution in [-0.2, 0) is 7.05 Å². The van der Waals surface area contributed by atoms with E-state index in [1.54, 1.807) is 36.0 Å². The molecule has 0 aliphatic carbocycles. The minimum absolute atomic E-state index is 0.234. The third-order valence-corrected chi connectivity index (χ3v) is 2.44. The highest BCUT2D eigenvalue weighted by Crippen LogP contribution is 2.12. The van der Waals surface area contributed by atoms with E-state index in [4.69, 9.17) is 4.74 Å². The molecule has 0 aliphatic heterocycles. The molecule has 0 fully saturated rings. The van der Waals surface area contributed by atoms with E-state index in [1.165, 1.54) is 7.11 Å². The van der Waals surface area contributed by atoms with Gasteiger partial charge < -0.3 is 9.30 Å². The molecule has 0 radical (unpaired) electrons. The van der Waals surface area contributed by atoms with Gasteiger partial charge in [-0.2, -0.15) is 4.98 Å². The summed E-state index contributed by atoms with van der Waals surface area (Å²) in [7, 11) is 3.32. The first-order valence-corrected chi connectivity index (χ1v) is 5.42. The standard InChI is InChI=1S/C12H14N4O2/c1-8-7-10(18-3)14-12(13-8)15-11(17)9-5-4-6-16(9)2/h4-7H,1-3H3,(H,13,14,15,17). The monoisotopic (exact) mass is 246 g/mol. The quantitative estimate of drug-likeness (QED) is 0.888. The highest BCUT2D eigenvalue weighted by atomic mass is 16.5. The largest absolute Gasteiger partial charge is 0.481 e. The van der Waals surface area contributed by atoms with Crippen LogP contribution in [0.5, 0.6) is 5.88 Å². The number of ether oxygens (including phenoxy) is 1. The number of aromatic nitrogens is 3. The van der Waals surface area contributed by atoms with Crippen molar-refractivity contribution in [3.63, 3.8) is 0 Å². The predicted octanol–water partition coefficient (Wildman–Crippen LogP) is 1.38. The molecule has 0 saturated carbocycles. The lowest BCUT2D eigenvalue weighted by atomic mass is 10.4. The number of carbonyl (C=O) groups is 1. The van der Waals surface area contributed by atoms with E-state index in [-0.39, 0.29) is 11.9 Å². The van der Waals surface area contributed by atoms with Gasteiger partial charge in [-0.3, -0.25) is 10.1 Å². The van der Waals surface area contributed by atoms with Gasteiger partial charge in [0.25, 0.3) is 5.91 Å². The van der Waals surface area contributed by atoms with Crippen LogP contribution in [0.15, 0.2) is 24.4 Å². The summed E-state index contributed by atoms with van der Waals surface area (Å²) in [6.07, 6.45) is 1.80. The number of nitrogens with zero attached hydrogens (tertiary/aromatic N) is 3. The summed E-state index contributed by atoms with van der Waals surface area (Å²) in [5.41, 5.74) is 1.27. The summed E-state index contributed by atoms with van der Waals surface area (Å²) in [4.78, 5) is 20.1. The molecule has 0 aliphatic rings. The first-order valence-electron chi connectivity index (χ1n) is 5.42. The molecular weight excluding hydrogens is 232 g/mol. The summed E-state index contributed by atoms with van der Waals surface area (Å²) in [5, 5.41) is 2.64. The van der Waals surface area contributed by atoms with Crippen molar-refractivity contribution in [1.29, 1.82) is 0 Å². The maximum Gasteiger partial charge on any atom is 0.274 e. The second-order valence-electron chi connectivity index (χ2n) is 3.83. The van der Waals surface area contributed by atoms with Crippen molar-refractivity contribution in [2.75, 3.05) is 12.4 Å². The van der Waals surface area contributed by atoms with E-state index in [9.17, 15) is 4.79 Å². The molecule has 2 aromatic rings. The molecule has 0 bridgehead atoms. The van der Waals surface area contributed by atoms with Gasteiger partial charge in [-0.05, 0) is 19.1 Å².